The summed E-state index contributed by atoms with van der Waals surface area (Å²) < 4.78 is 5.23. The second-order valence-corrected chi connectivity index (χ2v) is 4.83. The van der Waals surface area contributed by atoms with Gasteiger partial charge in [0.25, 0.3) is 0 Å². The summed E-state index contributed by atoms with van der Waals surface area (Å²) >= 11 is 0. The van der Waals surface area contributed by atoms with Gasteiger partial charge in [0.05, 0.1) is 24.2 Å². The van der Waals surface area contributed by atoms with Crippen molar-refractivity contribution in [2.75, 3.05) is 25.6 Å². The summed E-state index contributed by atoms with van der Waals surface area (Å²) in [6.07, 6.45) is 3.80. The van der Waals surface area contributed by atoms with Crippen molar-refractivity contribution in [2.24, 2.45) is 0 Å². The lowest BCUT2D eigenvalue weighted by atomic mass is 10.3. The Morgan fingerprint density at radius 2 is 2.00 bits per heavy atom. The van der Waals surface area contributed by atoms with Crippen LogP contribution in [-0.4, -0.2) is 42.8 Å². The molecule has 0 bridgehead atoms. The van der Waals surface area contributed by atoms with Crippen molar-refractivity contribution in [3.05, 3.63) is 18.1 Å². The molecule has 5 nitrogen and oxygen atoms in total. The topological polar surface area (TPSA) is 50.3 Å². The molecule has 0 radical (unpaired) electrons. The molecule has 0 saturated heterocycles. The van der Waals surface area contributed by atoms with Gasteiger partial charge < -0.3 is 15.0 Å². The van der Waals surface area contributed by atoms with Crippen LogP contribution < -0.4 is 10.2 Å². The van der Waals surface area contributed by atoms with Gasteiger partial charge in [0, 0.05) is 33.3 Å². The lowest BCUT2D eigenvalue weighted by Crippen LogP contribution is -2.29. The van der Waals surface area contributed by atoms with Gasteiger partial charge in [-0.15, -0.1) is 0 Å². The number of nitrogens with one attached hydrogen (secondary N) is 1. The predicted molar refractivity (Wildman–Crippen MR) is 73.7 cm³/mol. The van der Waals surface area contributed by atoms with Gasteiger partial charge in [0.2, 0.25) is 0 Å². The Labute approximate surface area is 110 Å². The Bertz CT molecular complexity index is 339. The first-order valence-corrected chi connectivity index (χ1v) is 6.31. The normalized spacial score (nSPS) is 12.8. The van der Waals surface area contributed by atoms with Crippen LogP contribution in [-0.2, 0) is 11.3 Å². The minimum Gasteiger partial charge on any atom is -0.380 e. The van der Waals surface area contributed by atoms with Crippen LogP contribution in [0.4, 0.5) is 5.82 Å². The van der Waals surface area contributed by atoms with E-state index in [9.17, 15) is 0 Å². The molecule has 0 fully saturated rings. The fraction of sp³-hybridized carbons (Fsp3) is 0.692. The van der Waals surface area contributed by atoms with Crippen LogP contribution in [0.15, 0.2) is 12.4 Å². The van der Waals surface area contributed by atoms with E-state index in [0.29, 0.717) is 6.04 Å². The van der Waals surface area contributed by atoms with Gasteiger partial charge in [-0.25, -0.2) is 4.98 Å². The highest BCUT2D eigenvalue weighted by atomic mass is 16.5. The molecule has 102 valence electrons. The highest BCUT2D eigenvalue weighted by molar-refractivity contribution is 5.34. The Balaban J connectivity index is 2.53. The molecule has 1 aromatic rings. The number of hydrogen-bond donors (Lipinski definition) is 1. The third kappa shape index (κ3) is 4.98. The lowest BCUT2D eigenvalue weighted by molar-refractivity contribution is 0.124. The van der Waals surface area contributed by atoms with E-state index in [-0.39, 0.29) is 6.10 Å². The van der Waals surface area contributed by atoms with Crippen molar-refractivity contribution in [1.82, 2.24) is 15.3 Å². The summed E-state index contributed by atoms with van der Waals surface area (Å²) in [5.74, 6) is 0.868. The van der Waals surface area contributed by atoms with Gasteiger partial charge in [-0.05, 0) is 6.92 Å². The minimum absolute atomic E-state index is 0.180. The monoisotopic (exact) mass is 252 g/mol. The standard InChI is InChI=1S/C13H24N4O/c1-10(2)14-6-12-7-16-13(8-15-12)17(4)9-11(3)18-5/h7-8,10-11,14H,6,9H2,1-5H3. The quantitative estimate of drug-likeness (QED) is 0.796. The number of anilines is 1. The molecule has 5 heteroatoms. The third-order valence-corrected chi connectivity index (χ3v) is 2.71. The molecule has 1 N–H and O–H groups in total. The van der Waals surface area contributed by atoms with Crippen LogP contribution in [0.2, 0.25) is 0 Å². The van der Waals surface area contributed by atoms with Crippen LogP contribution in [0.3, 0.4) is 0 Å². The van der Waals surface area contributed by atoms with Gasteiger partial charge in [-0.2, -0.15) is 0 Å². The van der Waals surface area contributed by atoms with Gasteiger partial charge >= 0.3 is 0 Å². The first-order valence-electron chi connectivity index (χ1n) is 6.31. The van der Waals surface area contributed by atoms with Crippen molar-refractivity contribution < 1.29 is 4.74 Å². The van der Waals surface area contributed by atoms with Crippen LogP contribution in [0.25, 0.3) is 0 Å². The predicted octanol–water partition coefficient (Wildman–Crippen LogP) is 1.45. The van der Waals surface area contributed by atoms with Gasteiger partial charge in [0.1, 0.15) is 5.82 Å². The molecule has 1 heterocycles. The Hall–Kier alpha value is -1.20. The fourth-order valence-electron chi connectivity index (χ4n) is 1.50. The summed E-state index contributed by atoms with van der Waals surface area (Å²) in [4.78, 5) is 10.9. The average molecular weight is 252 g/mol. The average Bonchev–Trinajstić information content (AvgIpc) is 2.36. The van der Waals surface area contributed by atoms with Crippen LogP contribution in [0, 0.1) is 0 Å². The fourth-order valence-corrected chi connectivity index (χ4v) is 1.50. The summed E-state index contributed by atoms with van der Waals surface area (Å²) in [6, 6.07) is 0.455. The molecule has 0 amide bonds. The molecule has 1 unspecified atom stereocenters. The lowest BCUT2D eigenvalue weighted by Gasteiger charge is -2.21. The van der Waals surface area contributed by atoms with Crippen molar-refractivity contribution in [3.8, 4) is 0 Å². The van der Waals surface area contributed by atoms with Gasteiger partial charge in [0.15, 0.2) is 0 Å². The zero-order valence-corrected chi connectivity index (χ0v) is 12.0. The highest BCUT2D eigenvalue weighted by Gasteiger charge is 2.07. The number of likely N-dealkylation sites (N-methyl/N-ethyl adjacent to an activating group) is 1. The van der Waals surface area contributed by atoms with Crippen molar-refractivity contribution in [3.63, 3.8) is 0 Å². The van der Waals surface area contributed by atoms with Crippen LogP contribution in [0.5, 0.6) is 0 Å². The molecule has 0 aliphatic heterocycles. The van der Waals surface area contributed by atoms with E-state index in [0.717, 1.165) is 24.6 Å². The molecular weight excluding hydrogens is 228 g/mol. The molecule has 1 aromatic heterocycles. The number of aromatic nitrogens is 2. The van der Waals surface area contributed by atoms with E-state index in [1.54, 1.807) is 13.3 Å². The highest BCUT2D eigenvalue weighted by Crippen LogP contribution is 2.08. The van der Waals surface area contributed by atoms with Crippen LogP contribution >= 0.6 is 0 Å². The van der Waals surface area contributed by atoms with E-state index in [1.807, 2.05) is 25.1 Å². The molecular formula is C13H24N4O. The van der Waals surface area contributed by atoms with Crippen molar-refractivity contribution >= 4 is 5.82 Å². The summed E-state index contributed by atoms with van der Waals surface area (Å²) in [5.41, 5.74) is 0.959. The second kappa shape index (κ2) is 7.28. The van der Waals surface area contributed by atoms with Crippen molar-refractivity contribution in [2.45, 2.75) is 39.5 Å². The van der Waals surface area contributed by atoms with E-state index in [2.05, 4.69) is 29.1 Å². The molecule has 0 aromatic carbocycles. The molecule has 18 heavy (non-hydrogen) atoms. The third-order valence-electron chi connectivity index (χ3n) is 2.71. The van der Waals surface area contributed by atoms with E-state index in [4.69, 9.17) is 4.74 Å². The Morgan fingerprint density at radius 3 is 2.50 bits per heavy atom. The van der Waals surface area contributed by atoms with Crippen molar-refractivity contribution in [1.29, 1.82) is 0 Å². The van der Waals surface area contributed by atoms with E-state index in [1.165, 1.54) is 0 Å². The Kier molecular flexibility index (Phi) is 6.01. The maximum atomic E-state index is 5.23. The number of nitrogens with zero attached hydrogens (tertiary/aromatic N) is 3. The molecule has 0 saturated carbocycles. The minimum atomic E-state index is 0.180. The van der Waals surface area contributed by atoms with Gasteiger partial charge in [-0.3, -0.25) is 4.98 Å². The number of ether oxygens (including phenoxy) is 1. The first kappa shape index (κ1) is 14.9. The summed E-state index contributed by atoms with van der Waals surface area (Å²) in [6.45, 7) is 7.81. The van der Waals surface area contributed by atoms with Gasteiger partial charge in [-0.1, -0.05) is 13.8 Å². The molecule has 0 aliphatic carbocycles. The van der Waals surface area contributed by atoms with E-state index < -0.39 is 0 Å². The number of rotatable bonds is 7. The van der Waals surface area contributed by atoms with E-state index >= 15 is 0 Å². The maximum absolute atomic E-state index is 5.23. The first-order chi connectivity index (χ1) is 8.52. The Morgan fingerprint density at radius 1 is 1.28 bits per heavy atom. The summed E-state index contributed by atoms with van der Waals surface area (Å²) in [5, 5.41) is 3.32. The smallest absolute Gasteiger partial charge is 0.146 e. The largest absolute Gasteiger partial charge is 0.380 e. The molecule has 0 spiro atoms. The molecule has 1 atom stereocenters. The molecule has 0 aliphatic rings. The SMILES string of the molecule is COC(C)CN(C)c1cnc(CNC(C)C)cn1. The molecule has 1 rings (SSSR count). The maximum Gasteiger partial charge on any atom is 0.146 e. The summed E-state index contributed by atoms with van der Waals surface area (Å²) in [7, 11) is 3.70. The van der Waals surface area contributed by atoms with Crippen LogP contribution in [0.1, 0.15) is 26.5 Å². The number of hydrogen-bond acceptors (Lipinski definition) is 5. The zero-order valence-electron chi connectivity index (χ0n) is 12.0. The number of methoxy groups -OCH3 is 1. The second-order valence-electron chi connectivity index (χ2n) is 4.83. The zero-order chi connectivity index (χ0) is 13.5.